The second kappa shape index (κ2) is 11.0. The SMILES string of the molecule is CC[C@H](CC[C@@H](C)[C@H]1CC[C@H]2[C@@H]3CC[C@H]4C[C@@H](OC(=O)Nc5ccccc5)CC[C@]4(C)[C@]34O[C@@H]4[C@H](Cl)[C@]12C)C(C)C. The number of hydrogen-bond acceptors (Lipinski definition) is 3. The molecule has 228 valence electrons. The summed E-state index contributed by atoms with van der Waals surface area (Å²) in [6.07, 6.45) is 11.7. The predicted octanol–water partition coefficient (Wildman–Crippen LogP) is 9.71. The molecule has 4 nitrogen and oxygen atoms in total. The molecule has 5 heteroatoms. The molecule has 1 spiro atoms. The zero-order valence-corrected chi connectivity index (χ0v) is 27.1. The second-order valence-corrected chi connectivity index (χ2v) is 15.9. The topological polar surface area (TPSA) is 50.9 Å². The predicted molar refractivity (Wildman–Crippen MR) is 167 cm³/mol. The number of benzene rings is 1. The summed E-state index contributed by atoms with van der Waals surface area (Å²) in [5.41, 5.74) is 0.974. The highest BCUT2D eigenvalue weighted by atomic mass is 35.5. The molecule has 1 amide bonds. The van der Waals surface area contributed by atoms with E-state index in [2.05, 4.69) is 46.9 Å². The minimum absolute atomic E-state index is 0.0305. The summed E-state index contributed by atoms with van der Waals surface area (Å²) in [7, 11) is 0. The average molecular weight is 584 g/mol. The summed E-state index contributed by atoms with van der Waals surface area (Å²) in [6.45, 7) is 14.7. The first-order chi connectivity index (χ1) is 19.6. The van der Waals surface area contributed by atoms with Gasteiger partial charge >= 0.3 is 6.09 Å². The molecule has 5 fully saturated rings. The number of amides is 1. The zero-order valence-electron chi connectivity index (χ0n) is 26.3. The van der Waals surface area contributed by atoms with Crippen molar-refractivity contribution in [3.63, 3.8) is 0 Å². The van der Waals surface area contributed by atoms with E-state index in [0.717, 1.165) is 36.8 Å². The lowest BCUT2D eigenvalue weighted by molar-refractivity contribution is -0.120. The van der Waals surface area contributed by atoms with Crippen molar-refractivity contribution in [3.8, 4) is 0 Å². The highest BCUT2D eigenvalue weighted by Gasteiger charge is 2.82. The van der Waals surface area contributed by atoms with Crippen LogP contribution in [0.25, 0.3) is 0 Å². The molecule has 1 aromatic carbocycles. The first-order valence-electron chi connectivity index (χ1n) is 16.9. The van der Waals surface area contributed by atoms with E-state index >= 15 is 0 Å². The molecule has 1 aliphatic heterocycles. The van der Waals surface area contributed by atoms with Crippen LogP contribution < -0.4 is 5.32 Å². The summed E-state index contributed by atoms with van der Waals surface area (Å²) < 4.78 is 12.9. The number of fused-ring (bicyclic) bond motifs is 3. The molecule has 4 aliphatic carbocycles. The van der Waals surface area contributed by atoms with Gasteiger partial charge in [0.25, 0.3) is 0 Å². The van der Waals surface area contributed by atoms with Crippen LogP contribution in [0.2, 0.25) is 0 Å². The summed E-state index contributed by atoms with van der Waals surface area (Å²) >= 11 is 7.61. The molecule has 4 saturated carbocycles. The number of para-hydroxylation sites is 1. The Kier molecular flexibility index (Phi) is 8.01. The van der Waals surface area contributed by atoms with Crippen LogP contribution in [0.15, 0.2) is 30.3 Å². The summed E-state index contributed by atoms with van der Waals surface area (Å²) in [6, 6.07) is 9.58. The van der Waals surface area contributed by atoms with Gasteiger partial charge in [-0.2, -0.15) is 0 Å². The van der Waals surface area contributed by atoms with Crippen molar-refractivity contribution < 1.29 is 14.3 Å². The Morgan fingerprint density at radius 2 is 1.78 bits per heavy atom. The van der Waals surface area contributed by atoms with Crippen molar-refractivity contribution in [2.75, 3.05) is 5.32 Å². The number of halogens is 1. The molecule has 1 aromatic rings. The normalized spacial score (nSPS) is 44.1. The summed E-state index contributed by atoms with van der Waals surface area (Å²) in [5.74, 6) is 4.80. The van der Waals surface area contributed by atoms with Crippen molar-refractivity contribution in [2.45, 2.75) is 129 Å². The number of carbonyl (C=O) groups excluding carboxylic acids is 1. The van der Waals surface area contributed by atoms with Gasteiger partial charge in [0.15, 0.2) is 0 Å². The Morgan fingerprint density at radius 1 is 1.05 bits per heavy atom. The highest BCUT2D eigenvalue weighted by Crippen LogP contribution is 2.77. The highest BCUT2D eigenvalue weighted by molar-refractivity contribution is 6.22. The van der Waals surface area contributed by atoms with E-state index in [1.165, 1.54) is 44.9 Å². The molecule has 6 rings (SSSR count). The van der Waals surface area contributed by atoms with Gasteiger partial charge in [-0.15, -0.1) is 11.6 Å². The molecule has 1 saturated heterocycles. The maximum Gasteiger partial charge on any atom is 0.411 e. The maximum atomic E-state index is 12.7. The monoisotopic (exact) mass is 583 g/mol. The van der Waals surface area contributed by atoms with E-state index in [1.54, 1.807) is 0 Å². The fourth-order valence-corrected chi connectivity index (χ4v) is 11.7. The average Bonchev–Trinajstić information content (AvgIpc) is 3.60. The number of rotatable bonds is 8. The van der Waals surface area contributed by atoms with Gasteiger partial charge in [0, 0.05) is 11.1 Å². The number of ether oxygens (including phenoxy) is 2. The summed E-state index contributed by atoms with van der Waals surface area (Å²) in [5, 5.41) is 2.99. The number of hydrogen-bond donors (Lipinski definition) is 1. The second-order valence-electron chi connectivity index (χ2n) is 15.4. The van der Waals surface area contributed by atoms with Crippen molar-refractivity contribution >= 4 is 23.4 Å². The van der Waals surface area contributed by atoms with Crippen LogP contribution in [0.5, 0.6) is 0 Å². The third-order valence-corrected chi connectivity index (χ3v) is 14.3. The number of alkyl halides is 1. The molecule has 0 bridgehead atoms. The van der Waals surface area contributed by atoms with Crippen LogP contribution in [-0.4, -0.2) is 29.3 Å². The molecular formula is C36H54ClNO3. The van der Waals surface area contributed by atoms with Crippen molar-refractivity contribution in [1.29, 1.82) is 0 Å². The van der Waals surface area contributed by atoms with Crippen LogP contribution >= 0.6 is 11.6 Å². The smallest absolute Gasteiger partial charge is 0.411 e. The number of nitrogens with one attached hydrogen (secondary N) is 1. The lowest BCUT2D eigenvalue weighted by Crippen LogP contribution is -2.63. The number of anilines is 1. The van der Waals surface area contributed by atoms with E-state index < -0.39 is 0 Å². The van der Waals surface area contributed by atoms with Gasteiger partial charge in [0.2, 0.25) is 0 Å². The van der Waals surface area contributed by atoms with Crippen molar-refractivity contribution in [2.24, 2.45) is 52.3 Å². The number of epoxide rings is 1. The lowest BCUT2D eigenvalue weighted by atomic mass is 9.44. The van der Waals surface area contributed by atoms with Gasteiger partial charge in [-0.1, -0.05) is 72.6 Å². The Balaban J connectivity index is 1.14. The standard InChI is InChI=1S/C36H54ClNO3/c1-7-24(22(2)3)14-13-23(4)28-17-18-29-30-16-15-25-21-27(40-33(39)38-26-11-9-8-10-12-26)19-20-34(25,5)36(30)32(41-36)31(37)35(28,29)6/h8-12,22-25,27-32H,7,13-21H2,1-6H3,(H,38,39)/t23-,24-,25+,27+,28-,29+,30+,31+,32-,34+,35-,36+/m1/s1. The molecule has 12 atom stereocenters. The first-order valence-corrected chi connectivity index (χ1v) is 17.3. The Labute approximate surface area is 254 Å². The van der Waals surface area contributed by atoms with Crippen LogP contribution in [0.4, 0.5) is 10.5 Å². The minimum Gasteiger partial charge on any atom is -0.446 e. The fourth-order valence-electron chi connectivity index (χ4n) is 11.2. The molecule has 1 heterocycles. The third kappa shape index (κ3) is 4.68. The Hall–Kier alpha value is -1.26. The van der Waals surface area contributed by atoms with Gasteiger partial charge in [-0.05, 0) is 110 Å². The maximum absolute atomic E-state index is 12.7. The van der Waals surface area contributed by atoms with Gasteiger partial charge in [0.05, 0.1) is 5.38 Å². The number of carbonyl (C=O) groups is 1. The van der Waals surface area contributed by atoms with Crippen LogP contribution in [0.3, 0.4) is 0 Å². The summed E-state index contributed by atoms with van der Waals surface area (Å²) in [4.78, 5) is 12.7. The molecule has 1 N–H and O–H groups in total. The van der Waals surface area contributed by atoms with E-state index in [-0.39, 0.29) is 40.1 Å². The molecule has 5 aliphatic rings. The van der Waals surface area contributed by atoms with Crippen LogP contribution in [0.1, 0.15) is 106 Å². The zero-order chi connectivity index (χ0) is 29.2. The third-order valence-electron chi connectivity index (χ3n) is 13.6. The van der Waals surface area contributed by atoms with Crippen LogP contribution in [0, 0.1) is 52.3 Å². The van der Waals surface area contributed by atoms with Crippen molar-refractivity contribution in [1.82, 2.24) is 0 Å². The first kappa shape index (κ1) is 29.8. The molecule has 41 heavy (non-hydrogen) atoms. The van der Waals surface area contributed by atoms with Crippen molar-refractivity contribution in [3.05, 3.63) is 30.3 Å². The van der Waals surface area contributed by atoms with Crippen LogP contribution in [-0.2, 0) is 9.47 Å². The lowest BCUT2D eigenvalue weighted by Gasteiger charge is -2.60. The molecular weight excluding hydrogens is 530 g/mol. The minimum atomic E-state index is -0.337. The quantitative estimate of drug-likeness (QED) is 0.245. The molecule has 0 unspecified atom stereocenters. The van der Waals surface area contributed by atoms with E-state index in [0.29, 0.717) is 29.6 Å². The molecule has 0 radical (unpaired) electrons. The largest absolute Gasteiger partial charge is 0.446 e. The van der Waals surface area contributed by atoms with Gasteiger partial charge in [0.1, 0.15) is 17.8 Å². The Bertz CT molecular complexity index is 1100. The van der Waals surface area contributed by atoms with E-state index in [1.807, 2.05) is 30.3 Å². The van der Waals surface area contributed by atoms with Gasteiger partial charge in [-0.3, -0.25) is 5.32 Å². The molecule has 0 aromatic heterocycles. The van der Waals surface area contributed by atoms with E-state index in [4.69, 9.17) is 21.1 Å². The van der Waals surface area contributed by atoms with Gasteiger partial charge in [-0.25, -0.2) is 4.79 Å². The van der Waals surface area contributed by atoms with E-state index in [9.17, 15) is 4.79 Å². The Morgan fingerprint density at radius 3 is 2.49 bits per heavy atom. The fraction of sp³-hybridized carbons (Fsp3) is 0.806. The van der Waals surface area contributed by atoms with Gasteiger partial charge < -0.3 is 9.47 Å².